The fourth-order valence-corrected chi connectivity index (χ4v) is 2.91. The average molecular weight is 396 g/mol. The largest absolute Gasteiger partial charge is 0.444 e. The molecule has 0 aliphatic rings. The van der Waals surface area contributed by atoms with Crippen molar-refractivity contribution in [1.82, 2.24) is 14.9 Å². The summed E-state index contributed by atoms with van der Waals surface area (Å²) in [5, 5.41) is 3.96. The second-order valence-electron chi connectivity index (χ2n) is 7.40. The number of hydrogen-bond acceptors (Lipinski definition) is 3. The predicted molar refractivity (Wildman–Crippen MR) is 100 cm³/mol. The molecule has 0 spiro atoms. The number of nitrogens with zero attached hydrogens (tertiary/aromatic N) is 2. The van der Waals surface area contributed by atoms with Crippen LogP contribution in [0.4, 0.5) is 4.79 Å². The number of rotatable bonds is 5. The molecular formula is C18H26BrN3O2. The van der Waals surface area contributed by atoms with E-state index in [2.05, 4.69) is 56.9 Å². The van der Waals surface area contributed by atoms with Gasteiger partial charge in [0, 0.05) is 35.3 Å². The molecule has 0 unspecified atom stereocenters. The molecule has 2 heterocycles. The van der Waals surface area contributed by atoms with Crippen molar-refractivity contribution in [1.29, 1.82) is 0 Å². The zero-order valence-electron chi connectivity index (χ0n) is 15.0. The molecule has 0 fully saturated rings. The van der Waals surface area contributed by atoms with E-state index in [0.29, 0.717) is 19.0 Å². The number of hydrogen-bond donors (Lipinski definition) is 1. The highest BCUT2D eigenvalue weighted by molar-refractivity contribution is 9.10. The zero-order chi connectivity index (χ0) is 17.9. The Morgan fingerprint density at radius 1 is 1.42 bits per heavy atom. The molecule has 0 atom stereocenters. The molecule has 2 aromatic rings. The van der Waals surface area contributed by atoms with Crippen molar-refractivity contribution in [2.24, 2.45) is 5.92 Å². The van der Waals surface area contributed by atoms with Crippen LogP contribution in [0.3, 0.4) is 0 Å². The number of alkyl carbamates (subject to hydrolysis) is 1. The molecule has 0 radical (unpaired) electrons. The van der Waals surface area contributed by atoms with Crippen LogP contribution in [0.15, 0.2) is 22.9 Å². The Balaban J connectivity index is 2.10. The molecular weight excluding hydrogens is 370 g/mol. The Labute approximate surface area is 151 Å². The van der Waals surface area contributed by atoms with Crippen molar-refractivity contribution in [3.05, 3.63) is 28.5 Å². The Hall–Kier alpha value is -1.56. The number of carbonyl (C=O) groups is 1. The molecule has 0 bridgehead atoms. The minimum Gasteiger partial charge on any atom is -0.444 e. The zero-order valence-corrected chi connectivity index (χ0v) is 16.6. The van der Waals surface area contributed by atoms with Crippen LogP contribution in [0.25, 0.3) is 11.0 Å². The number of carbonyl (C=O) groups excluding carboxylic acids is 1. The molecule has 0 aliphatic carbocycles. The Kier molecular flexibility index (Phi) is 5.91. The maximum Gasteiger partial charge on any atom is 0.407 e. The lowest BCUT2D eigenvalue weighted by molar-refractivity contribution is 0.0526. The summed E-state index contributed by atoms with van der Waals surface area (Å²) in [5.74, 6) is 0.572. The van der Waals surface area contributed by atoms with Gasteiger partial charge in [0.2, 0.25) is 0 Å². The van der Waals surface area contributed by atoms with Gasteiger partial charge < -0.3 is 14.6 Å². The van der Waals surface area contributed by atoms with Crippen molar-refractivity contribution in [2.45, 2.75) is 53.2 Å². The third-order valence-corrected chi connectivity index (χ3v) is 3.85. The normalized spacial score (nSPS) is 12.0. The van der Waals surface area contributed by atoms with E-state index in [0.717, 1.165) is 21.9 Å². The molecule has 24 heavy (non-hydrogen) atoms. The van der Waals surface area contributed by atoms with Crippen LogP contribution in [0, 0.1) is 5.92 Å². The first-order valence-corrected chi connectivity index (χ1v) is 9.05. The van der Waals surface area contributed by atoms with E-state index in [1.165, 1.54) is 5.56 Å². The van der Waals surface area contributed by atoms with Crippen molar-refractivity contribution >= 4 is 33.1 Å². The molecule has 0 saturated carbocycles. The van der Waals surface area contributed by atoms with Gasteiger partial charge in [0.25, 0.3) is 0 Å². The minimum atomic E-state index is -0.484. The van der Waals surface area contributed by atoms with Crippen LogP contribution in [0.2, 0.25) is 0 Å². The Morgan fingerprint density at radius 2 is 2.12 bits per heavy atom. The first-order valence-electron chi connectivity index (χ1n) is 8.26. The van der Waals surface area contributed by atoms with Crippen LogP contribution in [0.1, 0.15) is 40.2 Å². The highest BCUT2D eigenvalue weighted by Gasteiger charge is 2.16. The summed E-state index contributed by atoms with van der Waals surface area (Å²) < 4.78 is 8.33. The first-order chi connectivity index (χ1) is 11.2. The summed E-state index contributed by atoms with van der Waals surface area (Å²) in [6.07, 6.45) is 4.55. The first kappa shape index (κ1) is 18.8. The van der Waals surface area contributed by atoms with Crippen LogP contribution in [0.5, 0.6) is 0 Å². The van der Waals surface area contributed by atoms with Gasteiger partial charge >= 0.3 is 6.09 Å². The summed E-state index contributed by atoms with van der Waals surface area (Å²) in [7, 11) is 0. The van der Waals surface area contributed by atoms with Gasteiger partial charge in [-0.15, -0.1) is 0 Å². The summed E-state index contributed by atoms with van der Waals surface area (Å²) in [6.45, 7) is 11.1. The van der Waals surface area contributed by atoms with Crippen molar-refractivity contribution < 1.29 is 9.53 Å². The van der Waals surface area contributed by atoms with E-state index in [-0.39, 0.29) is 0 Å². The standard InChI is InChI=1S/C18H26BrN3O2/c1-12(2)8-13-11-22(16-15(13)9-14(19)10-21-16)7-6-20-17(23)24-18(3,4)5/h9-12H,6-8H2,1-5H3,(H,20,23). The lowest BCUT2D eigenvalue weighted by atomic mass is 10.0. The topological polar surface area (TPSA) is 56.2 Å². The van der Waals surface area contributed by atoms with Gasteiger partial charge in [0.15, 0.2) is 0 Å². The Morgan fingerprint density at radius 3 is 2.75 bits per heavy atom. The molecule has 0 aromatic carbocycles. The van der Waals surface area contributed by atoms with Crippen LogP contribution >= 0.6 is 15.9 Å². The Bertz CT molecular complexity index is 717. The lowest BCUT2D eigenvalue weighted by Crippen LogP contribution is -2.34. The molecule has 2 rings (SSSR count). The van der Waals surface area contributed by atoms with Gasteiger partial charge in [-0.05, 0) is 60.7 Å². The van der Waals surface area contributed by atoms with Crippen LogP contribution in [-0.2, 0) is 17.7 Å². The van der Waals surface area contributed by atoms with Gasteiger partial charge in [0.05, 0.1) is 0 Å². The molecule has 1 N–H and O–H groups in total. The summed E-state index contributed by atoms with van der Waals surface area (Å²) in [6, 6.07) is 2.11. The van der Waals surface area contributed by atoms with E-state index < -0.39 is 11.7 Å². The van der Waals surface area contributed by atoms with Crippen LogP contribution < -0.4 is 5.32 Å². The fourth-order valence-electron chi connectivity index (χ4n) is 2.58. The van der Waals surface area contributed by atoms with E-state index in [9.17, 15) is 4.79 Å². The van der Waals surface area contributed by atoms with Crippen molar-refractivity contribution in [2.75, 3.05) is 6.54 Å². The number of halogens is 1. The van der Waals surface area contributed by atoms with E-state index in [1.54, 1.807) is 6.20 Å². The maximum absolute atomic E-state index is 11.7. The van der Waals surface area contributed by atoms with Crippen LogP contribution in [-0.4, -0.2) is 27.8 Å². The smallest absolute Gasteiger partial charge is 0.407 e. The monoisotopic (exact) mass is 395 g/mol. The van der Waals surface area contributed by atoms with E-state index in [4.69, 9.17) is 4.74 Å². The second kappa shape index (κ2) is 7.55. The number of aromatic nitrogens is 2. The number of ether oxygens (including phenoxy) is 1. The number of pyridine rings is 1. The summed E-state index contributed by atoms with van der Waals surface area (Å²) in [5.41, 5.74) is 1.74. The van der Waals surface area contributed by atoms with E-state index >= 15 is 0 Å². The molecule has 132 valence electrons. The third kappa shape index (κ3) is 5.23. The van der Waals surface area contributed by atoms with Crippen molar-refractivity contribution in [3.63, 3.8) is 0 Å². The third-order valence-electron chi connectivity index (χ3n) is 3.41. The highest BCUT2D eigenvalue weighted by atomic mass is 79.9. The predicted octanol–water partition coefficient (Wildman–Crippen LogP) is 4.52. The molecule has 6 heteroatoms. The number of amides is 1. The van der Waals surface area contributed by atoms with Gasteiger partial charge in [-0.3, -0.25) is 0 Å². The molecule has 1 amide bonds. The maximum atomic E-state index is 11.7. The highest BCUT2D eigenvalue weighted by Crippen LogP contribution is 2.25. The summed E-state index contributed by atoms with van der Waals surface area (Å²) in [4.78, 5) is 16.3. The molecule has 0 saturated heterocycles. The van der Waals surface area contributed by atoms with Crippen molar-refractivity contribution in [3.8, 4) is 0 Å². The van der Waals surface area contributed by atoms with Gasteiger partial charge in [0.1, 0.15) is 11.2 Å². The molecule has 2 aromatic heterocycles. The average Bonchev–Trinajstić information content (AvgIpc) is 2.73. The van der Waals surface area contributed by atoms with E-state index in [1.807, 2.05) is 20.8 Å². The number of nitrogens with one attached hydrogen (secondary N) is 1. The SMILES string of the molecule is CC(C)Cc1cn(CCNC(=O)OC(C)(C)C)c2ncc(Br)cc12. The summed E-state index contributed by atoms with van der Waals surface area (Å²) >= 11 is 3.50. The van der Waals surface area contributed by atoms with Gasteiger partial charge in [-0.25, -0.2) is 9.78 Å². The number of fused-ring (bicyclic) bond motifs is 1. The lowest BCUT2D eigenvalue weighted by Gasteiger charge is -2.19. The molecule has 0 aliphatic heterocycles. The quantitative estimate of drug-likeness (QED) is 0.809. The minimum absolute atomic E-state index is 0.392. The fraction of sp³-hybridized carbons (Fsp3) is 0.556. The van der Waals surface area contributed by atoms with Gasteiger partial charge in [-0.1, -0.05) is 13.8 Å². The van der Waals surface area contributed by atoms with Gasteiger partial charge in [-0.2, -0.15) is 0 Å². The second-order valence-corrected chi connectivity index (χ2v) is 8.31. The molecule has 5 nitrogen and oxygen atoms in total.